The molecule has 0 aliphatic rings. The maximum atomic E-state index is 12.6. The zero-order chi connectivity index (χ0) is 16.7. The standard InChI is InChI=1S/C16H16N4O3/c1-8-5-6-12-11(7-8)15(21)14(18-20(12)4)16(22)17-13-9(2)19-23-10(13)3/h5-7H,1-4H3,(H,17,22). The molecule has 2 aromatic heterocycles. The van der Waals surface area contributed by atoms with Crippen molar-refractivity contribution in [2.75, 3.05) is 5.32 Å². The normalized spacial score (nSPS) is 11.0. The number of carbonyl (C=O) groups excluding carboxylic acids is 1. The number of anilines is 1. The van der Waals surface area contributed by atoms with Gasteiger partial charge in [0, 0.05) is 7.05 Å². The quantitative estimate of drug-likeness (QED) is 0.782. The van der Waals surface area contributed by atoms with Crippen molar-refractivity contribution in [3.8, 4) is 0 Å². The maximum absolute atomic E-state index is 12.6. The molecule has 3 rings (SSSR count). The van der Waals surface area contributed by atoms with Crippen LogP contribution >= 0.6 is 0 Å². The van der Waals surface area contributed by atoms with Gasteiger partial charge in [-0.15, -0.1) is 0 Å². The Labute approximate surface area is 131 Å². The number of nitrogens with zero attached hydrogens (tertiary/aromatic N) is 3. The number of aromatic nitrogens is 3. The smallest absolute Gasteiger partial charge is 0.280 e. The van der Waals surface area contributed by atoms with Crippen LogP contribution in [0.25, 0.3) is 10.9 Å². The number of amides is 1. The SMILES string of the molecule is Cc1ccc2c(c1)c(=O)c(C(=O)Nc1c(C)noc1C)nn2C. The van der Waals surface area contributed by atoms with Gasteiger partial charge in [0.25, 0.3) is 5.91 Å². The van der Waals surface area contributed by atoms with E-state index in [1.807, 2.05) is 19.1 Å². The zero-order valence-electron chi connectivity index (χ0n) is 13.3. The van der Waals surface area contributed by atoms with Gasteiger partial charge >= 0.3 is 0 Å². The number of nitrogens with one attached hydrogen (secondary N) is 1. The first-order valence-electron chi connectivity index (χ1n) is 7.10. The molecule has 0 radical (unpaired) electrons. The summed E-state index contributed by atoms with van der Waals surface area (Å²) in [5.74, 6) is -0.104. The Morgan fingerprint density at radius 1 is 1.26 bits per heavy atom. The molecule has 0 unspecified atom stereocenters. The van der Waals surface area contributed by atoms with Crippen LogP contribution in [-0.4, -0.2) is 20.8 Å². The third kappa shape index (κ3) is 2.50. The van der Waals surface area contributed by atoms with Crippen LogP contribution < -0.4 is 10.7 Å². The summed E-state index contributed by atoms with van der Waals surface area (Å²) in [4.78, 5) is 25.1. The molecule has 0 atom stereocenters. The second-order valence-corrected chi connectivity index (χ2v) is 5.48. The van der Waals surface area contributed by atoms with E-state index in [9.17, 15) is 9.59 Å². The van der Waals surface area contributed by atoms with Gasteiger partial charge in [-0.05, 0) is 32.9 Å². The Hall–Kier alpha value is -2.96. The van der Waals surface area contributed by atoms with Crippen molar-refractivity contribution in [1.29, 1.82) is 0 Å². The molecule has 1 amide bonds. The van der Waals surface area contributed by atoms with Crippen molar-refractivity contribution in [1.82, 2.24) is 14.9 Å². The van der Waals surface area contributed by atoms with Crippen molar-refractivity contribution in [2.24, 2.45) is 7.05 Å². The van der Waals surface area contributed by atoms with Gasteiger partial charge < -0.3 is 9.84 Å². The highest BCUT2D eigenvalue weighted by Crippen LogP contribution is 2.19. The van der Waals surface area contributed by atoms with E-state index in [4.69, 9.17) is 4.52 Å². The molecule has 1 N–H and O–H groups in total. The molecule has 0 fully saturated rings. The lowest BCUT2D eigenvalue weighted by molar-refractivity contribution is 0.101. The molecule has 1 aromatic carbocycles. The average molecular weight is 312 g/mol. The fraction of sp³-hybridized carbons (Fsp3) is 0.250. The van der Waals surface area contributed by atoms with Gasteiger partial charge in [0.15, 0.2) is 11.5 Å². The maximum Gasteiger partial charge on any atom is 0.280 e. The lowest BCUT2D eigenvalue weighted by atomic mass is 10.1. The second kappa shape index (κ2) is 5.35. The van der Waals surface area contributed by atoms with Crippen LogP contribution in [0, 0.1) is 20.8 Å². The molecule has 0 spiro atoms. The van der Waals surface area contributed by atoms with Crippen LogP contribution in [0.2, 0.25) is 0 Å². The average Bonchev–Trinajstić information content (AvgIpc) is 2.82. The van der Waals surface area contributed by atoms with Crippen LogP contribution in [0.4, 0.5) is 5.69 Å². The van der Waals surface area contributed by atoms with E-state index in [0.717, 1.165) is 5.56 Å². The second-order valence-electron chi connectivity index (χ2n) is 5.48. The molecule has 7 nitrogen and oxygen atoms in total. The first kappa shape index (κ1) is 15.0. The van der Waals surface area contributed by atoms with E-state index in [-0.39, 0.29) is 5.69 Å². The molecule has 0 aliphatic carbocycles. The number of fused-ring (bicyclic) bond motifs is 1. The minimum absolute atomic E-state index is 0.161. The Morgan fingerprint density at radius 2 is 2.00 bits per heavy atom. The third-order valence-corrected chi connectivity index (χ3v) is 3.70. The van der Waals surface area contributed by atoms with E-state index >= 15 is 0 Å². The Balaban J connectivity index is 2.11. The number of carbonyl (C=O) groups is 1. The minimum Gasteiger partial charge on any atom is -0.359 e. The Kier molecular flexibility index (Phi) is 3.48. The molecule has 0 bridgehead atoms. The summed E-state index contributed by atoms with van der Waals surface area (Å²) in [7, 11) is 1.70. The fourth-order valence-corrected chi connectivity index (χ4v) is 2.47. The lowest BCUT2D eigenvalue weighted by Crippen LogP contribution is -2.26. The first-order valence-corrected chi connectivity index (χ1v) is 7.10. The third-order valence-electron chi connectivity index (χ3n) is 3.70. The van der Waals surface area contributed by atoms with Gasteiger partial charge in [-0.1, -0.05) is 16.8 Å². The van der Waals surface area contributed by atoms with Gasteiger partial charge in [-0.25, -0.2) is 0 Å². The Bertz CT molecular complexity index is 965. The van der Waals surface area contributed by atoms with Crippen LogP contribution in [0.3, 0.4) is 0 Å². The van der Waals surface area contributed by atoms with Crippen LogP contribution in [0.5, 0.6) is 0 Å². The van der Waals surface area contributed by atoms with Gasteiger partial charge in [0.2, 0.25) is 5.43 Å². The highest BCUT2D eigenvalue weighted by Gasteiger charge is 2.19. The molecule has 0 aliphatic heterocycles. The zero-order valence-corrected chi connectivity index (χ0v) is 13.3. The molecule has 0 saturated heterocycles. The van der Waals surface area contributed by atoms with Gasteiger partial charge in [-0.2, -0.15) is 5.10 Å². The molecular weight excluding hydrogens is 296 g/mol. The largest absolute Gasteiger partial charge is 0.359 e. The Morgan fingerprint density at radius 3 is 2.65 bits per heavy atom. The molecule has 23 heavy (non-hydrogen) atoms. The van der Waals surface area contributed by atoms with Crippen molar-refractivity contribution in [3.63, 3.8) is 0 Å². The summed E-state index contributed by atoms with van der Waals surface area (Å²) in [6, 6.07) is 5.47. The topological polar surface area (TPSA) is 90.0 Å². The molecule has 0 saturated carbocycles. The molecule has 118 valence electrons. The molecular formula is C16H16N4O3. The predicted molar refractivity (Wildman–Crippen MR) is 85.7 cm³/mol. The molecule has 3 aromatic rings. The van der Waals surface area contributed by atoms with Crippen molar-refractivity contribution >= 4 is 22.5 Å². The van der Waals surface area contributed by atoms with Crippen LogP contribution in [0.1, 0.15) is 27.5 Å². The minimum atomic E-state index is -0.580. The van der Waals surface area contributed by atoms with E-state index in [1.165, 1.54) is 4.68 Å². The highest BCUT2D eigenvalue weighted by atomic mass is 16.5. The molecule has 7 heteroatoms. The summed E-state index contributed by atoms with van der Waals surface area (Å²) < 4.78 is 6.53. The summed E-state index contributed by atoms with van der Waals surface area (Å²) in [6.45, 7) is 5.29. The van der Waals surface area contributed by atoms with Crippen LogP contribution in [0.15, 0.2) is 27.5 Å². The lowest BCUT2D eigenvalue weighted by Gasteiger charge is -2.08. The summed E-state index contributed by atoms with van der Waals surface area (Å²) in [6.07, 6.45) is 0. The van der Waals surface area contributed by atoms with Crippen molar-refractivity contribution in [3.05, 3.63) is 51.1 Å². The summed E-state index contributed by atoms with van der Waals surface area (Å²) in [5.41, 5.74) is 2.07. The van der Waals surface area contributed by atoms with E-state index in [1.54, 1.807) is 27.0 Å². The number of hydrogen-bond donors (Lipinski definition) is 1. The molecule has 2 heterocycles. The number of rotatable bonds is 2. The fourth-order valence-electron chi connectivity index (χ4n) is 2.47. The van der Waals surface area contributed by atoms with E-state index in [2.05, 4.69) is 15.6 Å². The first-order chi connectivity index (χ1) is 10.9. The monoisotopic (exact) mass is 312 g/mol. The van der Waals surface area contributed by atoms with E-state index < -0.39 is 11.3 Å². The highest BCUT2D eigenvalue weighted by molar-refractivity contribution is 6.04. The van der Waals surface area contributed by atoms with Crippen LogP contribution in [-0.2, 0) is 7.05 Å². The number of aryl methyl sites for hydroxylation is 4. The van der Waals surface area contributed by atoms with Gasteiger partial charge in [0.05, 0.1) is 10.9 Å². The van der Waals surface area contributed by atoms with Gasteiger partial charge in [0.1, 0.15) is 11.4 Å². The summed E-state index contributed by atoms with van der Waals surface area (Å²) >= 11 is 0. The summed E-state index contributed by atoms with van der Waals surface area (Å²) in [5, 5.41) is 11.0. The number of hydrogen-bond acceptors (Lipinski definition) is 5. The number of benzene rings is 1. The van der Waals surface area contributed by atoms with Crippen molar-refractivity contribution < 1.29 is 9.32 Å². The van der Waals surface area contributed by atoms with Gasteiger partial charge in [-0.3, -0.25) is 14.3 Å². The van der Waals surface area contributed by atoms with Crippen molar-refractivity contribution in [2.45, 2.75) is 20.8 Å². The van der Waals surface area contributed by atoms with E-state index in [0.29, 0.717) is 28.0 Å². The predicted octanol–water partition coefficient (Wildman–Crippen LogP) is 2.10.